The van der Waals surface area contributed by atoms with Crippen molar-refractivity contribution in [1.29, 1.82) is 0 Å². The number of carbonyl (C=O) groups excluding carboxylic acids is 2. The molecule has 0 bridgehead atoms. The number of fused-ring (bicyclic) bond motifs is 1. The number of aromatic nitrogens is 1. The third-order valence-electron chi connectivity index (χ3n) is 5.45. The highest BCUT2D eigenvalue weighted by molar-refractivity contribution is 6.36. The molecule has 174 valence electrons. The molecule has 0 spiro atoms. The van der Waals surface area contributed by atoms with Crippen molar-refractivity contribution in [2.45, 2.75) is 6.54 Å². The molecule has 8 heteroatoms. The lowest BCUT2D eigenvalue weighted by atomic mass is 9.94. The van der Waals surface area contributed by atoms with Gasteiger partial charge in [0.05, 0.1) is 26.9 Å². The van der Waals surface area contributed by atoms with Crippen LogP contribution in [0.2, 0.25) is 0 Å². The van der Waals surface area contributed by atoms with E-state index in [1.807, 2.05) is 44.6 Å². The topological polar surface area (TPSA) is 96.0 Å². The van der Waals surface area contributed by atoms with E-state index in [0.717, 1.165) is 24.0 Å². The number of hydrogen-bond acceptors (Lipinski definition) is 6. The first-order chi connectivity index (χ1) is 15.9. The van der Waals surface area contributed by atoms with Gasteiger partial charge in [0.15, 0.2) is 17.8 Å². The molecule has 0 fully saturated rings. The normalized spacial score (nSPS) is 11.9. The summed E-state index contributed by atoms with van der Waals surface area (Å²) in [6.07, 6.45) is 2.56. The van der Waals surface area contributed by atoms with E-state index in [4.69, 9.17) is 19.9 Å². The Labute approximate surface area is 193 Å². The highest BCUT2D eigenvalue weighted by Crippen LogP contribution is 2.41. The summed E-state index contributed by atoms with van der Waals surface area (Å²) in [5.74, 6) is 0.338. The van der Waals surface area contributed by atoms with Crippen molar-refractivity contribution >= 4 is 34.2 Å². The minimum atomic E-state index is -0.739. The lowest BCUT2D eigenvalue weighted by molar-refractivity contribution is -0.113. The van der Waals surface area contributed by atoms with Crippen molar-refractivity contribution in [2.75, 3.05) is 42.0 Å². The molecule has 0 radical (unpaired) electrons. The molecule has 1 aromatic heterocycles. The fraction of sp³-hybridized carbons (Fsp3) is 0.280. The number of amides is 1. The van der Waals surface area contributed by atoms with Crippen molar-refractivity contribution < 1.29 is 23.8 Å². The molecular weight excluding hydrogens is 422 g/mol. The zero-order valence-electron chi connectivity index (χ0n) is 19.5. The van der Waals surface area contributed by atoms with Crippen LogP contribution in [0.1, 0.15) is 11.1 Å². The molecule has 0 aliphatic heterocycles. The number of allylic oxidation sites excluding steroid dienone is 1. The van der Waals surface area contributed by atoms with Gasteiger partial charge in [0.1, 0.15) is 0 Å². The summed E-state index contributed by atoms with van der Waals surface area (Å²) >= 11 is 0. The van der Waals surface area contributed by atoms with Crippen LogP contribution in [0, 0.1) is 0 Å². The molecule has 8 nitrogen and oxygen atoms in total. The molecule has 2 aromatic carbocycles. The van der Waals surface area contributed by atoms with Gasteiger partial charge in [-0.2, -0.15) is 0 Å². The molecule has 0 unspecified atom stereocenters. The van der Waals surface area contributed by atoms with E-state index < -0.39 is 5.91 Å². The molecule has 0 saturated heterocycles. The van der Waals surface area contributed by atoms with Crippen molar-refractivity contribution in [3.63, 3.8) is 0 Å². The summed E-state index contributed by atoms with van der Waals surface area (Å²) in [6.45, 7) is 1.53. The second kappa shape index (κ2) is 10.2. The van der Waals surface area contributed by atoms with Gasteiger partial charge in [0.2, 0.25) is 11.7 Å². The van der Waals surface area contributed by atoms with Crippen LogP contribution in [0.15, 0.2) is 42.6 Å². The second-order valence-electron chi connectivity index (χ2n) is 7.74. The number of primary amides is 1. The largest absolute Gasteiger partial charge is 0.493 e. The van der Waals surface area contributed by atoms with E-state index in [1.165, 1.54) is 21.3 Å². The van der Waals surface area contributed by atoms with Gasteiger partial charge in [-0.1, -0.05) is 18.2 Å². The van der Waals surface area contributed by atoms with Crippen LogP contribution in [-0.2, 0) is 16.1 Å². The maximum atomic E-state index is 12.7. The smallest absolute Gasteiger partial charge is 0.250 e. The van der Waals surface area contributed by atoms with E-state index in [2.05, 4.69) is 9.47 Å². The van der Waals surface area contributed by atoms with E-state index in [-0.39, 0.29) is 11.1 Å². The van der Waals surface area contributed by atoms with Gasteiger partial charge >= 0.3 is 0 Å². The standard InChI is InChI=1S/C25H29N3O5/c1-27(2)10-11-28-14-18(17-8-6-7-9-20(17)28)19(15-29)23(25(26)30)16-12-21(31-3)24(33-5)22(13-16)32-4/h6-9,12-15H,10-11H2,1-5H3,(H2,26,30)/b23-19+. The lowest BCUT2D eigenvalue weighted by Crippen LogP contribution is -2.18. The Bertz CT molecular complexity index is 1180. The highest BCUT2D eigenvalue weighted by atomic mass is 16.5. The third kappa shape index (κ3) is 4.70. The van der Waals surface area contributed by atoms with Gasteiger partial charge < -0.3 is 29.4 Å². The predicted octanol–water partition coefficient (Wildman–Crippen LogP) is 2.82. The average molecular weight is 452 g/mol. The zero-order valence-corrected chi connectivity index (χ0v) is 19.5. The molecule has 1 amide bonds. The van der Waals surface area contributed by atoms with Crippen molar-refractivity contribution in [2.24, 2.45) is 5.73 Å². The summed E-state index contributed by atoms with van der Waals surface area (Å²) in [6, 6.07) is 11.0. The second-order valence-corrected chi connectivity index (χ2v) is 7.74. The van der Waals surface area contributed by atoms with Crippen LogP contribution in [0.5, 0.6) is 17.2 Å². The molecule has 0 aliphatic carbocycles. The number of carbonyl (C=O) groups is 2. The van der Waals surface area contributed by atoms with Crippen LogP contribution in [0.3, 0.4) is 0 Å². The number of para-hydroxylation sites is 1. The number of nitrogens with two attached hydrogens (primary N) is 1. The molecule has 2 N–H and O–H groups in total. The Hall–Kier alpha value is -3.78. The number of nitrogens with zero attached hydrogens (tertiary/aromatic N) is 2. The van der Waals surface area contributed by atoms with E-state index in [9.17, 15) is 9.59 Å². The van der Waals surface area contributed by atoms with Gasteiger partial charge in [0, 0.05) is 41.3 Å². The first-order valence-electron chi connectivity index (χ1n) is 10.4. The SMILES string of the molecule is COc1cc(/C(C(N)=O)=C(/C=O)c2cn(CCN(C)C)c3ccccc23)cc(OC)c1OC. The average Bonchev–Trinajstić information content (AvgIpc) is 3.18. The summed E-state index contributed by atoms with van der Waals surface area (Å²) in [4.78, 5) is 27.1. The number of aldehydes is 1. The van der Waals surface area contributed by atoms with Gasteiger partial charge in [-0.3, -0.25) is 9.59 Å². The van der Waals surface area contributed by atoms with Crippen LogP contribution >= 0.6 is 0 Å². The minimum Gasteiger partial charge on any atom is -0.493 e. The van der Waals surface area contributed by atoms with E-state index >= 15 is 0 Å². The van der Waals surface area contributed by atoms with Gasteiger partial charge in [-0.25, -0.2) is 0 Å². The monoisotopic (exact) mass is 451 g/mol. The first-order valence-corrected chi connectivity index (χ1v) is 10.4. The Balaban J connectivity index is 2.31. The Kier molecular flexibility index (Phi) is 7.40. The third-order valence-corrected chi connectivity index (χ3v) is 5.45. The van der Waals surface area contributed by atoms with Gasteiger partial charge in [0.25, 0.3) is 0 Å². The maximum Gasteiger partial charge on any atom is 0.250 e. The Morgan fingerprint density at radius 2 is 1.70 bits per heavy atom. The fourth-order valence-corrected chi connectivity index (χ4v) is 3.87. The Morgan fingerprint density at radius 1 is 1.06 bits per heavy atom. The lowest BCUT2D eigenvalue weighted by Gasteiger charge is -2.16. The first kappa shape index (κ1) is 23.9. The van der Waals surface area contributed by atoms with Gasteiger partial charge in [-0.15, -0.1) is 0 Å². The number of likely N-dealkylation sites (N-methyl/N-ethyl adjacent to an activating group) is 1. The van der Waals surface area contributed by atoms with Crippen LogP contribution in [0.4, 0.5) is 0 Å². The van der Waals surface area contributed by atoms with E-state index in [1.54, 1.807) is 12.1 Å². The quantitative estimate of drug-likeness (QED) is 0.376. The van der Waals surface area contributed by atoms with Crippen molar-refractivity contribution in [1.82, 2.24) is 9.47 Å². The summed E-state index contributed by atoms with van der Waals surface area (Å²) in [7, 11) is 8.45. The predicted molar refractivity (Wildman–Crippen MR) is 129 cm³/mol. The molecule has 3 aromatic rings. The van der Waals surface area contributed by atoms with Crippen molar-refractivity contribution in [3.8, 4) is 17.2 Å². The maximum absolute atomic E-state index is 12.7. The van der Waals surface area contributed by atoms with Crippen LogP contribution < -0.4 is 19.9 Å². The minimum absolute atomic E-state index is 0.0692. The van der Waals surface area contributed by atoms with E-state index in [0.29, 0.717) is 34.7 Å². The highest BCUT2D eigenvalue weighted by Gasteiger charge is 2.23. The number of rotatable bonds is 10. The molecule has 33 heavy (non-hydrogen) atoms. The van der Waals surface area contributed by atoms with Crippen molar-refractivity contribution in [3.05, 3.63) is 53.7 Å². The number of benzene rings is 2. The summed E-state index contributed by atoms with van der Waals surface area (Å²) in [5.41, 5.74) is 8.04. The summed E-state index contributed by atoms with van der Waals surface area (Å²) in [5, 5.41) is 0.851. The molecule has 0 aliphatic rings. The molecule has 1 heterocycles. The number of methoxy groups -OCH3 is 3. The molecular formula is C25H29N3O5. The molecule has 0 saturated carbocycles. The number of ether oxygens (including phenoxy) is 3. The van der Waals surface area contributed by atoms with Crippen LogP contribution in [0.25, 0.3) is 22.0 Å². The fourth-order valence-electron chi connectivity index (χ4n) is 3.87. The number of hydrogen-bond donors (Lipinski definition) is 1. The summed E-state index contributed by atoms with van der Waals surface area (Å²) < 4.78 is 18.3. The molecule has 0 atom stereocenters. The van der Waals surface area contributed by atoms with Gasteiger partial charge in [-0.05, 0) is 37.9 Å². The zero-order chi connectivity index (χ0) is 24.1. The molecule has 3 rings (SSSR count). The van der Waals surface area contributed by atoms with Crippen LogP contribution in [-0.4, -0.2) is 63.6 Å². The Morgan fingerprint density at radius 3 is 2.21 bits per heavy atom.